The average Bonchev–Trinajstić information content (AvgIpc) is 2.88. The first kappa shape index (κ1) is 12.5. The van der Waals surface area contributed by atoms with Crippen LogP contribution in [0, 0.1) is 0 Å². The molecule has 0 aliphatic rings. The highest BCUT2D eigenvalue weighted by atomic mass is 16.3. The average molecular weight is 262 g/mol. The molecule has 0 spiro atoms. The second kappa shape index (κ2) is 4.85. The molecule has 7 heteroatoms. The number of aromatic hydroxyl groups is 1. The number of rotatable bonds is 2. The number of hydrogen-bond donors (Lipinski definition) is 2. The van der Waals surface area contributed by atoms with Gasteiger partial charge in [-0.1, -0.05) is 22.8 Å². The zero-order valence-electron chi connectivity index (χ0n) is 11.3. The largest absolute Gasteiger partial charge is 0.508 e. The minimum atomic E-state index is 0.266. The van der Waals surface area contributed by atoms with Crippen molar-refractivity contribution in [3.63, 3.8) is 0 Å². The van der Waals surface area contributed by atoms with E-state index in [-0.39, 0.29) is 5.75 Å². The Morgan fingerprint density at radius 2 is 2.05 bits per heavy atom. The summed E-state index contributed by atoms with van der Waals surface area (Å²) in [6, 6.07) is 9.44. The number of H-pyrrole nitrogens is 1. The van der Waals surface area contributed by atoms with E-state index in [1.54, 1.807) is 6.21 Å². The third-order valence-electron chi connectivity index (χ3n) is 3.14. The molecule has 0 saturated heterocycles. The van der Waals surface area contributed by atoms with E-state index in [9.17, 15) is 5.11 Å². The Bertz CT molecular complexity index is 813. The van der Waals surface area contributed by atoms with Gasteiger partial charge in [0, 0.05) is 11.8 Å². The molecule has 96 valence electrons. The highest BCUT2D eigenvalue weighted by molar-refractivity contribution is 6.39. The fourth-order valence-electron chi connectivity index (χ4n) is 2.15. The summed E-state index contributed by atoms with van der Waals surface area (Å²) in [5.74, 6) is 0.266. The minimum absolute atomic E-state index is 0.266. The Morgan fingerprint density at radius 1 is 1.20 bits per heavy atom. The number of fused-ring (bicyclic) bond motifs is 1. The topological polar surface area (TPSA) is 74.2 Å². The van der Waals surface area contributed by atoms with E-state index in [0.717, 1.165) is 27.6 Å². The van der Waals surface area contributed by atoms with Gasteiger partial charge in [-0.15, -0.1) is 5.10 Å². The molecule has 20 heavy (non-hydrogen) atoms. The maximum atomic E-state index is 10.0. The van der Waals surface area contributed by atoms with E-state index in [1.165, 1.54) is 0 Å². The van der Waals surface area contributed by atoms with Crippen LogP contribution in [0.1, 0.15) is 5.56 Å². The normalized spacial score (nSPS) is 11.4. The molecule has 0 aliphatic heterocycles. The molecule has 0 bridgehead atoms. The molecule has 2 N–H and O–H groups in total. The van der Waals surface area contributed by atoms with Gasteiger partial charge in [0.25, 0.3) is 0 Å². The third-order valence-corrected chi connectivity index (χ3v) is 3.14. The number of aromatic nitrogens is 3. The van der Waals surface area contributed by atoms with Crippen LogP contribution in [-0.2, 0) is 0 Å². The molecule has 1 heterocycles. The molecule has 0 atom stereocenters. The van der Waals surface area contributed by atoms with Gasteiger partial charge in [-0.3, -0.25) is 10.1 Å². The summed E-state index contributed by atoms with van der Waals surface area (Å²) in [6.45, 7) is 0. The van der Waals surface area contributed by atoms with Crippen molar-refractivity contribution < 1.29 is 5.11 Å². The van der Waals surface area contributed by atoms with Crippen LogP contribution in [0.5, 0.6) is 5.75 Å². The van der Waals surface area contributed by atoms with Gasteiger partial charge in [-0.2, -0.15) is 0 Å². The predicted octanol–water partition coefficient (Wildman–Crippen LogP) is -1.07. The Morgan fingerprint density at radius 3 is 2.90 bits per heavy atom. The molecular weight excluding hydrogens is 250 g/mol. The lowest BCUT2D eigenvalue weighted by atomic mass is 9.85. The maximum Gasteiger partial charge on any atom is 0.144 e. The van der Waals surface area contributed by atoms with Crippen LogP contribution in [0.4, 0.5) is 5.69 Å². The molecule has 3 rings (SSSR count). The number of aliphatic imine (C=N–C) groups is 1. The zero-order chi connectivity index (χ0) is 14.1. The standard InChI is InChI=1S/C13H12B2N4O/c14-8-3-7(13(20)10(15)4-8)6-16-9-1-2-11-12(5-9)18-19-17-11/h1-6,20H,14-15H2,(H,17,18,19)/b16-6+. The fourth-order valence-corrected chi connectivity index (χ4v) is 2.15. The number of phenolic OH excluding ortho intramolecular Hbond substituents is 1. The molecule has 0 aliphatic carbocycles. The molecule has 2 aromatic carbocycles. The summed E-state index contributed by atoms with van der Waals surface area (Å²) in [6.07, 6.45) is 1.66. The van der Waals surface area contributed by atoms with Crippen LogP contribution in [0.3, 0.4) is 0 Å². The molecule has 0 fully saturated rings. The quantitative estimate of drug-likeness (QED) is 0.456. The van der Waals surface area contributed by atoms with E-state index in [4.69, 9.17) is 0 Å². The minimum Gasteiger partial charge on any atom is -0.508 e. The summed E-state index contributed by atoms with van der Waals surface area (Å²) in [5.41, 5.74) is 5.06. The molecule has 5 nitrogen and oxygen atoms in total. The van der Waals surface area contributed by atoms with Crippen molar-refractivity contribution in [1.29, 1.82) is 0 Å². The molecule has 0 amide bonds. The van der Waals surface area contributed by atoms with Gasteiger partial charge >= 0.3 is 0 Å². The van der Waals surface area contributed by atoms with Gasteiger partial charge in [-0.05, 0) is 23.7 Å². The monoisotopic (exact) mass is 262 g/mol. The van der Waals surface area contributed by atoms with E-state index in [0.29, 0.717) is 5.56 Å². The van der Waals surface area contributed by atoms with E-state index >= 15 is 0 Å². The van der Waals surface area contributed by atoms with Crippen LogP contribution in [0.25, 0.3) is 11.0 Å². The Kier molecular flexibility index (Phi) is 3.02. The van der Waals surface area contributed by atoms with Crippen molar-refractivity contribution in [2.45, 2.75) is 0 Å². The highest BCUT2D eigenvalue weighted by Gasteiger charge is 2.03. The fraction of sp³-hybridized carbons (Fsp3) is 0. The third kappa shape index (κ3) is 2.30. The van der Waals surface area contributed by atoms with Crippen LogP contribution in [0.2, 0.25) is 0 Å². The number of nitrogens with zero attached hydrogens (tertiary/aromatic N) is 3. The SMILES string of the molecule is Bc1cc(B)c(O)c(/C=N/c2ccc3[nH]nnc3c2)c1. The van der Waals surface area contributed by atoms with Gasteiger partial charge in [0.2, 0.25) is 0 Å². The lowest BCUT2D eigenvalue weighted by Gasteiger charge is -2.05. The van der Waals surface area contributed by atoms with Crippen molar-refractivity contribution in [1.82, 2.24) is 15.4 Å². The van der Waals surface area contributed by atoms with Crippen LogP contribution < -0.4 is 10.9 Å². The number of nitrogens with one attached hydrogen (secondary N) is 1. The summed E-state index contributed by atoms with van der Waals surface area (Å²) >= 11 is 0. The van der Waals surface area contributed by atoms with Gasteiger partial charge in [-0.25, -0.2) is 0 Å². The molecule has 0 radical (unpaired) electrons. The number of aromatic amines is 1. The lowest BCUT2D eigenvalue weighted by molar-refractivity contribution is 0.479. The van der Waals surface area contributed by atoms with Crippen molar-refractivity contribution in [2.75, 3.05) is 0 Å². The summed E-state index contributed by atoms with van der Waals surface area (Å²) in [5, 5.41) is 20.5. The van der Waals surface area contributed by atoms with E-state index in [2.05, 4.69) is 20.4 Å². The van der Waals surface area contributed by atoms with Gasteiger partial charge < -0.3 is 5.11 Å². The first-order chi connectivity index (χ1) is 9.63. The molecule has 3 aromatic rings. The van der Waals surface area contributed by atoms with Gasteiger partial charge in [0.05, 0.1) is 11.2 Å². The van der Waals surface area contributed by atoms with Gasteiger partial charge in [0.1, 0.15) is 27.0 Å². The van der Waals surface area contributed by atoms with Crippen LogP contribution >= 0.6 is 0 Å². The summed E-state index contributed by atoms with van der Waals surface area (Å²) < 4.78 is 0. The first-order valence-electron chi connectivity index (χ1n) is 6.28. The first-order valence-corrected chi connectivity index (χ1v) is 6.28. The Balaban J connectivity index is 1.97. The Labute approximate surface area is 117 Å². The second-order valence-corrected chi connectivity index (χ2v) is 4.79. The summed E-state index contributed by atoms with van der Waals surface area (Å²) in [7, 11) is 3.87. The molecular formula is C13H12B2N4O. The molecule has 0 unspecified atom stereocenters. The smallest absolute Gasteiger partial charge is 0.144 e. The number of hydrogen-bond acceptors (Lipinski definition) is 4. The van der Waals surface area contributed by atoms with Gasteiger partial charge in [0.15, 0.2) is 0 Å². The number of phenols is 1. The number of benzene rings is 2. The second-order valence-electron chi connectivity index (χ2n) is 4.79. The summed E-state index contributed by atoms with van der Waals surface area (Å²) in [4.78, 5) is 4.38. The van der Waals surface area contributed by atoms with Crippen LogP contribution in [0.15, 0.2) is 35.3 Å². The van der Waals surface area contributed by atoms with Crippen LogP contribution in [-0.4, -0.2) is 42.4 Å². The molecule has 0 saturated carbocycles. The van der Waals surface area contributed by atoms with Crippen molar-refractivity contribution in [3.8, 4) is 5.75 Å². The van der Waals surface area contributed by atoms with E-state index in [1.807, 2.05) is 46.0 Å². The van der Waals surface area contributed by atoms with Crippen molar-refractivity contribution >= 4 is 49.6 Å². The van der Waals surface area contributed by atoms with Crippen molar-refractivity contribution in [2.24, 2.45) is 4.99 Å². The van der Waals surface area contributed by atoms with E-state index < -0.39 is 0 Å². The van der Waals surface area contributed by atoms with Crippen molar-refractivity contribution in [3.05, 3.63) is 35.9 Å². The highest BCUT2D eigenvalue weighted by Crippen LogP contribution is 2.18. The molecule has 1 aromatic heterocycles. The maximum absolute atomic E-state index is 10.0. The predicted molar refractivity (Wildman–Crippen MR) is 85.6 cm³/mol. The Hall–Kier alpha value is -2.56. The lowest BCUT2D eigenvalue weighted by Crippen LogP contribution is -2.15. The zero-order valence-corrected chi connectivity index (χ0v) is 11.3.